The minimum atomic E-state index is -0.683. The molecule has 0 spiro atoms. The lowest BCUT2D eigenvalue weighted by atomic mass is 9.82. The van der Waals surface area contributed by atoms with E-state index in [4.69, 9.17) is 16.3 Å². The van der Waals surface area contributed by atoms with Crippen LogP contribution in [0, 0.1) is 0 Å². The Kier molecular flexibility index (Phi) is 6.20. The zero-order valence-electron chi connectivity index (χ0n) is 16.9. The van der Waals surface area contributed by atoms with Gasteiger partial charge in [-0.3, -0.25) is 14.7 Å². The van der Waals surface area contributed by atoms with Crippen LogP contribution < -0.4 is 0 Å². The molecule has 0 aromatic heterocycles. The van der Waals surface area contributed by atoms with Gasteiger partial charge in [0.2, 0.25) is 0 Å². The van der Waals surface area contributed by atoms with E-state index >= 15 is 0 Å². The van der Waals surface area contributed by atoms with Crippen LogP contribution in [-0.4, -0.2) is 60.2 Å². The molecule has 2 aromatic carbocycles. The van der Waals surface area contributed by atoms with E-state index in [0.717, 1.165) is 35.8 Å². The molecule has 2 aliphatic rings. The van der Waals surface area contributed by atoms with Gasteiger partial charge in [-0.2, -0.15) is 0 Å². The third kappa shape index (κ3) is 3.92. The molecule has 0 N–H and O–H groups in total. The van der Waals surface area contributed by atoms with Gasteiger partial charge in [0, 0.05) is 31.2 Å². The Morgan fingerprint density at radius 3 is 2.31 bits per heavy atom. The molecule has 2 aromatic rings. The maximum Gasteiger partial charge on any atom is 0.262 e. The van der Waals surface area contributed by atoms with Gasteiger partial charge in [0.1, 0.15) is 5.54 Å². The third-order valence-electron chi connectivity index (χ3n) is 6.09. The quantitative estimate of drug-likeness (QED) is 0.751. The molecule has 1 unspecified atom stereocenters. The maximum atomic E-state index is 14.0. The lowest BCUT2D eigenvalue weighted by molar-refractivity contribution is -0.184. The van der Waals surface area contributed by atoms with E-state index in [9.17, 15) is 4.79 Å². The average molecular weight is 414 g/mol. The standard InChI is InChI=1S/C23H28ClN3O2/c1-2-23(20-6-4-3-5-7-20)22(28)27(26-14-16-29-17-15-26)13-12-25(23)18-19-8-10-21(24)11-9-19/h3-11H,2,12-18H2,1H3. The first-order chi connectivity index (χ1) is 14.1. The van der Waals surface area contributed by atoms with E-state index in [1.807, 2.05) is 47.5 Å². The zero-order chi connectivity index (χ0) is 20.3. The largest absolute Gasteiger partial charge is 0.379 e. The smallest absolute Gasteiger partial charge is 0.262 e. The number of hydrogen-bond donors (Lipinski definition) is 0. The number of nitrogens with zero attached hydrogens (tertiary/aromatic N) is 3. The van der Waals surface area contributed by atoms with Crippen LogP contribution in [0.15, 0.2) is 54.6 Å². The van der Waals surface area contributed by atoms with Crippen molar-refractivity contribution in [3.63, 3.8) is 0 Å². The van der Waals surface area contributed by atoms with Crippen LogP contribution >= 0.6 is 11.6 Å². The molecule has 2 fully saturated rings. The molecule has 2 aliphatic heterocycles. The molecule has 0 bridgehead atoms. The number of amides is 1. The molecular weight excluding hydrogens is 386 g/mol. The van der Waals surface area contributed by atoms with Gasteiger partial charge in [0.25, 0.3) is 5.91 Å². The Hall–Kier alpha value is -1.92. The van der Waals surface area contributed by atoms with Crippen LogP contribution in [0.1, 0.15) is 24.5 Å². The Labute approximate surface area is 177 Å². The minimum absolute atomic E-state index is 0.160. The van der Waals surface area contributed by atoms with Crippen molar-refractivity contribution in [2.75, 3.05) is 39.4 Å². The van der Waals surface area contributed by atoms with Gasteiger partial charge in [-0.05, 0) is 29.7 Å². The molecule has 0 radical (unpaired) electrons. The number of ether oxygens (including phenoxy) is 1. The molecule has 154 valence electrons. The lowest BCUT2D eigenvalue weighted by Crippen LogP contribution is -2.67. The molecule has 0 aliphatic carbocycles. The van der Waals surface area contributed by atoms with Crippen LogP contribution in [0.5, 0.6) is 0 Å². The van der Waals surface area contributed by atoms with Crippen LogP contribution in [0.2, 0.25) is 5.02 Å². The van der Waals surface area contributed by atoms with Crippen molar-refractivity contribution in [1.29, 1.82) is 0 Å². The second-order valence-corrected chi connectivity index (χ2v) is 8.06. The summed E-state index contributed by atoms with van der Waals surface area (Å²) < 4.78 is 5.50. The summed E-state index contributed by atoms with van der Waals surface area (Å²) in [5.74, 6) is 0.160. The highest BCUT2D eigenvalue weighted by molar-refractivity contribution is 6.30. The predicted molar refractivity (Wildman–Crippen MR) is 114 cm³/mol. The van der Waals surface area contributed by atoms with Gasteiger partial charge in [-0.15, -0.1) is 0 Å². The molecule has 0 saturated carbocycles. The molecular formula is C23H28ClN3O2. The van der Waals surface area contributed by atoms with Gasteiger partial charge >= 0.3 is 0 Å². The van der Waals surface area contributed by atoms with Crippen LogP contribution in [-0.2, 0) is 21.6 Å². The summed E-state index contributed by atoms with van der Waals surface area (Å²) in [6, 6.07) is 18.1. The molecule has 1 atom stereocenters. The third-order valence-corrected chi connectivity index (χ3v) is 6.34. The number of morpholine rings is 1. The molecule has 4 rings (SSSR count). The minimum Gasteiger partial charge on any atom is -0.379 e. The fourth-order valence-electron chi connectivity index (χ4n) is 4.54. The molecule has 5 nitrogen and oxygen atoms in total. The highest BCUT2D eigenvalue weighted by atomic mass is 35.5. The summed E-state index contributed by atoms with van der Waals surface area (Å²) in [5, 5.41) is 4.86. The van der Waals surface area contributed by atoms with Crippen molar-refractivity contribution in [2.24, 2.45) is 0 Å². The van der Waals surface area contributed by atoms with Crippen LogP contribution in [0.25, 0.3) is 0 Å². The number of rotatable bonds is 5. The lowest BCUT2D eigenvalue weighted by Gasteiger charge is -2.52. The number of piperazine rings is 1. The Morgan fingerprint density at radius 2 is 1.66 bits per heavy atom. The van der Waals surface area contributed by atoms with Crippen molar-refractivity contribution in [3.8, 4) is 0 Å². The van der Waals surface area contributed by atoms with Crippen molar-refractivity contribution in [2.45, 2.75) is 25.4 Å². The summed E-state index contributed by atoms with van der Waals surface area (Å²) in [6.07, 6.45) is 0.713. The van der Waals surface area contributed by atoms with Crippen molar-refractivity contribution in [3.05, 3.63) is 70.7 Å². The second kappa shape index (κ2) is 8.84. The van der Waals surface area contributed by atoms with Crippen molar-refractivity contribution < 1.29 is 9.53 Å². The molecule has 1 amide bonds. The van der Waals surface area contributed by atoms with Gasteiger partial charge in [0.15, 0.2) is 0 Å². The number of hydrazine groups is 1. The highest BCUT2D eigenvalue weighted by Crippen LogP contribution is 2.38. The summed E-state index contributed by atoms with van der Waals surface area (Å²) in [4.78, 5) is 16.4. The number of benzene rings is 2. The predicted octanol–water partition coefficient (Wildman–Crippen LogP) is 3.54. The van der Waals surface area contributed by atoms with Crippen LogP contribution in [0.3, 0.4) is 0 Å². The molecule has 6 heteroatoms. The van der Waals surface area contributed by atoms with E-state index in [0.29, 0.717) is 32.7 Å². The Morgan fingerprint density at radius 1 is 0.966 bits per heavy atom. The molecule has 29 heavy (non-hydrogen) atoms. The highest BCUT2D eigenvalue weighted by Gasteiger charge is 2.50. The Balaban J connectivity index is 1.70. The van der Waals surface area contributed by atoms with E-state index in [1.165, 1.54) is 0 Å². The zero-order valence-corrected chi connectivity index (χ0v) is 17.6. The van der Waals surface area contributed by atoms with Crippen LogP contribution in [0.4, 0.5) is 0 Å². The van der Waals surface area contributed by atoms with Crippen molar-refractivity contribution >= 4 is 17.5 Å². The molecule has 2 saturated heterocycles. The number of halogens is 1. The van der Waals surface area contributed by atoms with E-state index in [2.05, 4.69) is 29.0 Å². The molecule has 2 heterocycles. The number of carbonyl (C=O) groups is 1. The SMILES string of the molecule is CCC1(c2ccccc2)C(=O)N(N2CCOCC2)CCN1Cc1ccc(Cl)cc1. The average Bonchev–Trinajstić information content (AvgIpc) is 2.77. The monoisotopic (exact) mass is 413 g/mol. The van der Waals surface area contributed by atoms with Gasteiger partial charge < -0.3 is 4.74 Å². The summed E-state index contributed by atoms with van der Waals surface area (Å²) in [5.41, 5.74) is 1.53. The maximum absolute atomic E-state index is 14.0. The summed E-state index contributed by atoms with van der Waals surface area (Å²) >= 11 is 6.07. The Bertz CT molecular complexity index is 824. The number of carbonyl (C=O) groups excluding carboxylic acids is 1. The summed E-state index contributed by atoms with van der Waals surface area (Å²) in [7, 11) is 0. The topological polar surface area (TPSA) is 36.0 Å². The van der Waals surface area contributed by atoms with E-state index < -0.39 is 5.54 Å². The van der Waals surface area contributed by atoms with E-state index in [1.54, 1.807) is 0 Å². The van der Waals surface area contributed by atoms with Gasteiger partial charge in [-0.25, -0.2) is 5.01 Å². The van der Waals surface area contributed by atoms with Crippen molar-refractivity contribution in [1.82, 2.24) is 14.9 Å². The van der Waals surface area contributed by atoms with Gasteiger partial charge in [0.05, 0.1) is 19.8 Å². The second-order valence-electron chi connectivity index (χ2n) is 7.62. The normalized spacial score (nSPS) is 24.1. The summed E-state index contributed by atoms with van der Waals surface area (Å²) in [6.45, 7) is 7.20. The fraction of sp³-hybridized carbons (Fsp3) is 0.435. The number of hydrogen-bond acceptors (Lipinski definition) is 4. The first-order valence-electron chi connectivity index (χ1n) is 10.3. The first kappa shape index (κ1) is 20.4. The first-order valence-corrected chi connectivity index (χ1v) is 10.7. The van der Waals surface area contributed by atoms with Gasteiger partial charge in [-0.1, -0.05) is 61.0 Å². The fourth-order valence-corrected chi connectivity index (χ4v) is 4.67. The van der Waals surface area contributed by atoms with E-state index in [-0.39, 0.29) is 5.91 Å².